The van der Waals surface area contributed by atoms with Gasteiger partial charge in [-0.25, -0.2) is 4.39 Å². The summed E-state index contributed by atoms with van der Waals surface area (Å²) in [5, 5.41) is 10.00. The van der Waals surface area contributed by atoms with Gasteiger partial charge >= 0.3 is 0 Å². The van der Waals surface area contributed by atoms with Crippen molar-refractivity contribution in [3.63, 3.8) is 0 Å². The van der Waals surface area contributed by atoms with E-state index in [-0.39, 0.29) is 43.0 Å². The maximum Gasteiger partial charge on any atom is 0.254 e. The highest BCUT2D eigenvalue weighted by Crippen LogP contribution is 2.43. The number of fused-ring (bicyclic) bond motifs is 1. The van der Waals surface area contributed by atoms with Crippen molar-refractivity contribution < 1.29 is 19.1 Å². The molecule has 2 saturated heterocycles. The Bertz CT molecular complexity index is 1210. The Hall–Kier alpha value is -3.77. The average Bonchev–Trinajstić information content (AvgIpc) is 2.85. The highest BCUT2D eigenvalue weighted by molar-refractivity contribution is 5.97. The van der Waals surface area contributed by atoms with Crippen molar-refractivity contribution in [1.82, 2.24) is 9.80 Å². The molecule has 2 amide bonds. The molecule has 3 atom stereocenters. The molecule has 34 heavy (non-hydrogen) atoms. The number of carbonyl (C=O) groups excluding carboxylic acids is 2. The normalized spacial score (nSPS) is 21.9. The first-order valence-corrected chi connectivity index (χ1v) is 11.3. The third-order valence-corrected chi connectivity index (χ3v) is 6.72. The molecule has 0 saturated carbocycles. The largest absolute Gasteiger partial charge is 0.394 e. The molecule has 5 nitrogen and oxygen atoms in total. The third kappa shape index (κ3) is 4.13. The zero-order chi connectivity index (χ0) is 23.7. The van der Waals surface area contributed by atoms with Crippen LogP contribution in [0.1, 0.15) is 33.0 Å². The zero-order valence-electron chi connectivity index (χ0n) is 18.5. The lowest BCUT2D eigenvalue weighted by Gasteiger charge is -2.58. The van der Waals surface area contributed by atoms with Crippen LogP contribution in [-0.2, 0) is 4.79 Å². The number of hydrogen-bond donors (Lipinski definition) is 1. The second-order valence-corrected chi connectivity index (χ2v) is 8.75. The Morgan fingerprint density at radius 1 is 0.941 bits per heavy atom. The van der Waals surface area contributed by atoms with E-state index in [0.717, 1.165) is 16.7 Å². The Morgan fingerprint density at radius 3 is 2.24 bits per heavy atom. The van der Waals surface area contributed by atoms with Crippen LogP contribution in [0.3, 0.4) is 0 Å². The van der Waals surface area contributed by atoms with E-state index < -0.39 is 5.82 Å². The van der Waals surface area contributed by atoms with Crippen molar-refractivity contribution in [3.8, 4) is 0 Å². The summed E-state index contributed by atoms with van der Waals surface area (Å²) >= 11 is 0. The lowest BCUT2D eigenvalue weighted by atomic mass is 9.73. The van der Waals surface area contributed by atoms with Crippen molar-refractivity contribution in [2.24, 2.45) is 0 Å². The SMILES string of the molecule is O=C(c1ccc(F)cc1)N1CC(=O)N2[C@H](CO)[C@@H](c3ccc(/C=C/c4ccccc4)cc3)[C@@H]2C1. The van der Waals surface area contributed by atoms with Crippen molar-refractivity contribution >= 4 is 24.0 Å². The molecule has 172 valence electrons. The van der Waals surface area contributed by atoms with Crippen LogP contribution in [0.4, 0.5) is 4.39 Å². The van der Waals surface area contributed by atoms with Gasteiger partial charge in [0.1, 0.15) is 12.4 Å². The molecule has 6 heteroatoms. The molecule has 2 fully saturated rings. The third-order valence-electron chi connectivity index (χ3n) is 6.72. The van der Waals surface area contributed by atoms with E-state index >= 15 is 0 Å². The number of piperazine rings is 1. The zero-order valence-corrected chi connectivity index (χ0v) is 18.5. The molecular formula is C28H25FN2O3. The van der Waals surface area contributed by atoms with Crippen molar-refractivity contribution in [2.45, 2.75) is 18.0 Å². The molecule has 0 unspecified atom stereocenters. The van der Waals surface area contributed by atoms with Crippen molar-refractivity contribution in [2.75, 3.05) is 19.7 Å². The highest BCUT2D eigenvalue weighted by Gasteiger charge is 2.54. The number of nitrogens with zero attached hydrogens (tertiary/aromatic N) is 2. The second-order valence-electron chi connectivity index (χ2n) is 8.75. The van der Waals surface area contributed by atoms with Gasteiger partial charge in [-0.1, -0.05) is 66.7 Å². The fraction of sp³-hybridized carbons (Fsp3) is 0.214. The van der Waals surface area contributed by atoms with Crippen LogP contribution in [-0.4, -0.2) is 58.5 Å². The van der Waals surface area contributed by atoms with E-state index in [1.165, 1.54) is 29.2 Å². The number of aliphatic hydroxyl groups is 1. The molecule has 2 heterocycles. The Morgan fingerprint density at radius 2 is 1.59 bits per heavy atom. The molecule has 3 aromatic rings. The first-order valence-electron chi connectivity index (χ1n) is 11.3. The van der Waals surface area contributed by atoms with Crippen LogP contribution >= 0.6 is 0 Å². The molecule has 3 aromatic carbocycles. The van der Waals surface area contributed by atoms with E-state index in [0.29, 0.717) is 12.1 Å². The minimum atomic E-state index is -0.413. The second kappa shape index (κ2) is 9.23. The van der Waals surface area contributed by atoms with E-state index in [1.807, 2.05) is 60.7 Å². The summed E-state index contributed by atoms with van der Waals surface area (Å²) in [6, 6.07) is 23.0. The van der Waals surface area contributed by atoms with Gasteiger partial charge < -0.3 is 14.9 Å². The Labute approximate surface area is 197 Å². The van der Waals surface area contributed by atoms with E-state index in [1.54, 1.807) is 4.90 Å². The van der Waals surface area contributed by atoms with Gasteiger partial charge in [-0.3, -0.25) is 9.59 Å². The predicted octanol–water partition coefficient (Wildman–Crippen LogP) is 3.81. The fourth-order valence-electron chi connectivity index (χ4n) is 5.02. The average molecular weight is 457 g/mol. The molecule has 0 aliphatic carbocycles. The van der Waals surface area contributed by atoms with E-state index in [4.69, 9.17) is 0 Å². The van der Waals surface area contributed by atoms with Gasteiger partial charge in [-0.05, 0) is 41.0 Å². The van der Waals surface area contributed by atoms with Crippen LogP contribution in [0.15, 0.2) is 78.9 Å². The lowest BCUT2D eigenvalue weighted by Crippen LogP contribution is -2.73. The van der Waals surface area contributed by atoms with Crippen molar-refractivity contribution in [1.29, 1.82) is 0 Å². The molecule has 5 rings (SSSR count). The van der Waals surface area contributed by atoms with Gasteiger partial charge in [0.25, 0.3) is 5.91 Å². The van der Waals surface area contributed by atoms with Gasteiger partial charge in [0.05, 0.1) is 18.7 Å². The summed E-state index contributed by atoms with van der Waals surface area (Å²) in [6.45, 7) is 0.201. The molecule has 2 aliphatic rings. The fourth-order valence-corrected chi connectivity index (χ4v) is 5.02. The lowest BCUT2D eigenvalue weighted by molar-refractivity contribution is -0.159. The van der Waals surface area contributed by atoms with Gasteiger partial charge in [0.2, 0.25) is 5.91 Å². The quantitative estimate of drug-likeness (QED) is 0.594. The maximum absolute atomic E-state index is 13.2. The number of hydrogen-bond acceptors (Lipinski definition) is 3. The standard InChI is InChI=1S/C28H25FN2O3/c29-23-14-12-22(13-15-23)28(34)30-16-24-27(25(18-32)31(24)26(33)17-30)21-10-8-20(9-11-21)7-6-19-4-2-1-3-5-19/h1-15,24-25,27,32H,16-18H2/b7-6+/t24-,25+,27-/m0/s1. The van der Waals surface area contributed by atoms with Gasteiger partial charge in [0, 0.05) is 18.0 Å². The molecule has 2 aliphatic heterocycles. The number of carbonyl (C=O) groups is 2. The molecule has 0 bridgehead atoms. The Balaban J connectivity index is 1.33. The minimum Gasteiger partial charge on any atom is -0.394 e. The van der Waals surface area contributed by atoms with Crippen LogP contribution in [0, 0.1) is 5.82 Å². The number of halogens is 1. The summed E-state index contributed by atoms with van der Waals surface area (Å²) in [5.74, 6) is -0.945. The van der Waals surface area contributed by atoms with Crippen LogP contribution < -0.4 is 0 Å². The predicted molar refractivity (Wildman–Crippen MR) is 128 cm³/mol. The molecule has 1 N–H and O–H groups in total. The maximum atomic E-state index is 13.2. The van der Waals surface area contributed by atoms with E-state index in [9.17, 15) is 19.1 Å². The molecule has 0 aromatic heterocycles. The number of amides is 2. The van der Waals surface area contributed by atoms with Gasteiger partial charge in [-0.15, -0.1) is 0 Å². The summed E-state index contributed by atoms with van der Waals surface area (Å²) in [4.78, 5) is 29.0. The first kappa shape index (κ1) is 22.0. The number of benzene rings is 3. The summed E-state index contributed by atoms with van der Waals surface area (Å²) in [6.07, 6.45) is 4.10. The molecule has 0 radical (unpaired) electrons. The summed E-state index contributed by atoms with van der Waals surface area (Å²) in [5.41, 5.74) is 3.55. The number of rotatable bonds is 5. The minimum absolute atomic E-state index is 0.0425. The topological polar surface area (TPSA) is 60.9 Å². The smallest absolute Gasteiger partial charge is 0.254 e. The van der Waals surface area contributed by atoms with Crippen molar-refractivity contribution in [3.05, 3.63) is 107 Å². The molecular weight excluding hydrogens is 431 g/mol. The van der Waals surface area contributed by atoms with E-state index in [2.05, 4.69) is 6.08 Å². The number of aliphatic hydroxyl groups excluding tert-OH is 1. The van der Waals surface area contributed by atoms with Gasteiger partial charge in [0.15, 0.2) is 0 Å². The summed E-state index contributed by atoms with van der Waals surface area (Å²) in [7, 11) is 0. The molecule has 0 spiro atoms. The van der Waals surface area contributed by atoms with Gasteiger partial charge in [-0.2, -0.15) is 0 Å². The first-order chi connectivity index (χ1) is 16.5. The summed E-state index contributed by atoms with van der Waals surface area (Å²) < 4.78 is 13.2. The van der Waals surface area contributed by atoms with Crippen LogP contribution in [0.2, 0.25) is 0 Å². The Kier molecular flexibility index (Phi) is 5.99. The monoisotopic (exact) mass is 456 g/mol. The van der Waals surface area contributed by atoms with Crippen LogP contribution in [0.25, 0.3) is 12.2 Å². The van der Waals surface area contributed by atoms with Crippen LogP contribution in [0.5, 0.6) is 0 Å². The highest BCUT2D eigenvalue weighted by atomic mass is 19.1.